The Bertz CT molecular complexity index is 616. The van der Waals surface area contributed by atoms with Gasteiger partial charge in [0.2, 0.25) is 10.0 Å². The standard InChI is InChI=1S/C15H22ClNO3S/c1-4-12-7-5-6-8-17(12)21(18,19)15-10-13(16)11(2)9-14(15)20-3/h9-10,12H,4-8H2,1-3H3. The Morgan fingerprint density at radius 2 is 2.10 bits per heavy atom. The molecule has 0 bridgehead atoms. The lowest BCUT2D eigenvalue weighted by Crippen LogP contribution is -2.43. The molecule has 1 saturated heterocycles. The zero-order valence-corrected chi connectivity index (χ0v) is 14.3. The van der Waals surface area contributed by atoms with E-state index >= 15 is 0 Å². The van der Waals surface area contributed by atoms with E-state index in [0.29, 0.717) is 17.3 Å². The van der Waals surface area contributed by atoms with Crippen molar-refractivity contribution in [3.05, 3.63) is 22.7 Å². The average molecular weight is 332 g/mol. The number of nitrogens with zero attached hydrogens (tertiary/aromatic N) is 1. The van der Waals surface area contributed by atoms with Crippen LogP contribution in [0.2, 0.25) is 5.02 Å². The predicted octanol–water partition coefficient (Wildman–Crippen LogP) is 3.61. The number of sulfonamides is 1. The number of rotatable bonds is 4. The first-order valence-corrected chi connectivity index (χ1v) is 9.09. The highest BCUT2D eigenvalue weighted by atomic mass is 35.5. The van der Waals surface area contributed by atoms with E-state index in [9.17, 15) is 8.42 Å². The average Bonchev–Trinajstić information content (AvgIpc) is 2.49. The fourth-order valence-electron chi connectivity index (χ4n) is 2.82. The molecule has 21 heavy (non-hydrogen) atoms. The van der Waals surface area contributed by atoms with Crippen molar-refractivity contribution in [2.24, 2.45) is 0 Å². The molecule has 1 unspecified atom stereocenters. The number of aryl methyl sites for hydroxylation is 1. The largest absolute Gasteiger partial charge is 0.495 e. The summed E-state index contributed by atoms with van der Waals surface area (Å²) in [6, 6.07) is 3.25. The monoisotopic (exact) mass is 331 g/mol. The Balaban J connectivity index is 2.50. The summed E-state index contributed by atoms with van der Waals surface area (Å²) in [7, 11) is -2.10. The molecule has 6 heteroatoms. The summed E-state index contributed by atoms with van der Waals surface area (Å²) in [5, 5.41) is 0.444. The van der Waals surface area contributed by atoms with Gasteiger partial charge in [0.1, 0.15) is 10.6 Å². The van der Waals surface area contributed by atoms with Crippen molar-refractivity contribution in [2.75, 3.05) is 13.7 Å². The van der Waals surface area contributed by atoms with Gasteiger partial charge in [0.25, 0.3) is 0 Å². The highest BCUT2D eigenvalue weighted by Crippen LogP contribution is 2.35. The van der Waals surface area contributed by atoms with Gasteiger partial charge in [-0.25, -0.2) is 8.42 Å². The number of hydrogen-bond acceptors (Lipinski definition) is 3. The van der Waals surface area contributed by atoms with Crippen molar-refractivity contribution in [3.63, 3.8) is 0 Å². The Kier molecular flexibility index (Phi) is 5.17. The fourth-order valence-corrected chi connectivity index (χ4v) is 4.98. The minimum absolute atomic E-state index is 0.0635. The molecule has 1 heterocycles. The van der Waals surface area contributed by atoms with Crippen LogP contribution in [-0.2, 0) is 10.0 Å². The van der Waals surface area contributed by atoms with Gasteiger partial charge in [-0.05, 0) is 43.9 Å². The van der Waals surface area contributed by atoms with Crippen LogP contribution in [0.3, 0.4) is 0 Å². The van der Waals surface area contributed by atoms with Gasteiger partial charge in [0, 0.05) is 17.6 Å². The Labute approximate surface area is 132 Å². The zero-order valence-electron chi connectivity index (χ0n) is 12.7. The number of hydrogen-bond donors (Lipinski definition) is 0. The molecule has 1 aromatic rings. The second-order valence-corrected chi connectivity index (χ2v) is 7.69. The van der Waals surface area contributed by atoms with Crippen LogP contribution < -0.4 is 4.74 Å². The van der Waals surface area contributed by atoms with Crippen LogP contribution in [0.4, 0.5) is 0 Å². The molecule has 0 aliphatic carbocycles. The van der Waals surface area contributed by atoms with E-state index in [4.69, 9.17) is 16.3 Å². The number of piperidine rings is 1. The molecule has 1 aliphatic rings. The quantitative estimate of drug-likeness (QED) is 0.846. The van der Waals surface area contributed by atoms with Crippen molar-refractivity contribution in [2.45, 2.75) is 50.5 Å². The van der Waals surface area contributed by atoms with Gasteiger partial charge >= 0.3 is 0 Å². The molecular weight excluding hydrogens is 310 g/mol. The number of methoxy groups -OCH3 is 1. The summed E-state index contributed by atoms with van der Waals surface area (Å²) < 4.78 is 32.8. The first-order chi connectivity index (χ1) is 9.91. The summed E-state index contributed by atoms with van der Waals surface area (Å²) in [6.45, 7) is 4.42. The smallest absolute Gasteiger partial charge is 0.247 e. The van der Waals surface area contributed by atoms with Crippen molar-refractivity contribution in [3.8, 4) is 5.75 Å². The first kappa shape index (κ1) is 16.6. The normalized spacial score (nSPS) is 20.5. The first-order valence-electron chi connectivity index (χ1n) is 7.27. The molecule has 0 radical (unpaired) electrons. The Morgan fingerprint density at radius 3 is 2.71 bits per heavy atom. The van der Waals surface area contributed by atoms with Gasteiger partial charge in [-0.3, -0.25) is 0 Å². The summed E-state index contributed by atoms with van der Waals surface area (Å²) in [5.41, 5.74) is 0.804. The molecule has 118 valence electrons. The summed E-state index contributed by atoms with van der Waals surface area (Å²) in [4.78, 5) is 0.168. The lowest BCUT2D eigenvalue weighted by Gasteiger charge is -2.34. The SMILES string of the molecule is CCC1CCCCN1S(=O)(=O)c1cc(Cl)c(C)cc1OC. The molecule has 0 amide bonds. The minimum Gasteiger partial charge on any atom is -0.495 e. The molecule has 0 spiro atoms. The lowest BCUT2D eigenvalue weighted by molar-refractivity contribution is 0.246. The molecule has 0 aromatic heterocycles. The van der Waals surface area contributed by atoms with Crippen LogP contribution in [0.5, 0.6) is 5.75 Å². The van der Waals surface area contributed by atoms with Gasteiger partial charge in [0.15, 0.2) is 0 Å². The van der Waals surface area contributed by atoms with E-state index in [2.05, 4.69) is 0 Å². The third-order valence-corrected chi connectivity index (χ3v) is 6.46. The molecule has 1 aromatic carbocycles. The topological polar surface area (TPSA) is 46.6 Å². The Hall–Kier alpha value is -0.780. The highest BCUT2D eigenvalue weighted by Gasteiger charge is 2.34. The van der Waals surface area contributed by atoms with Crippen LogP contribution in [-0.4, -0.2) is 32.4 Å². The van der Waals surface area contributed by atoms with Crippen LogP contribution in [0.1, 0.15) is 38.2 Å². The third kappa shape index (κ3) is 3.20. The molecule has 0 N–H and O–H groups in total. The van der Waals surface area contributed by atoms with Crippen LogP contribution in [0, 0.1) is 6.92 Å². The van der Waals surface area contributed by atoms with E-state index in [1.165, 1.54) is 13.2 Å². The summed E-state index contributed by atoms with van der Waals surface area (Å²) in [5.74, 6) is 0.359. The maximum absolute atomic E-state index is 13.0. The molecular formula is C15H22ClNO3S. The Morgan fingerprint density at radius 1 is 1.38 bits per heavy atom. The fraction of sp³-hybridized carbons (Fsp3) is 0.600. The summed E-state index contributed by atoms with van der Waals surface area (Å²) >= 11 is 6.12. The number of halogens is 1. The lowest BCUT2D eigenvalue weighted by atomic mass is 10.0. The second-order valence-electron chi connectivity index (χ2n) is 5.43. The van der Waals surface area contributed by atoms with Gasteiger partial charge in [-0.1, -0.05) is 24.9 Å². The van der Waals surface area contributed by atoms with E-state index in [-0.39, 0.29) is 10.9 Å². The number of ether oxygens (including phenoxy) is 1. The molecule has 0 saturated carbocycles. The number of benzene rings is 1. The van der Waals surface area contributed by atoms with Crippen molar-refractivity contribution >= 4 is 21.6 Å². The molecule has 2 rings (SSSR count). The van der Waals surface area contributed by atoms with Crippen LogP contribution in [0.15, 0.2) is 17.0 Å². The van der Waals surface area contributed by atoms with E-state index in [0.717, 1.165) is 31.2 Å². The summed E-state index contributed by atoms with van der Waals surface area (Å²) in [6.07, 6.45) is 3.72. The third-order valence-electron chi connectivity index (χ3n) is 4.08. The second kappa shape index (κ2) is 6.55. The molecule has 1 aliphatic heterocycles. The van der Waals surface area contributed by atoms with E-state index in [1.54, 1.807) is 10.4 Å². The van der Waals surface area contributed by atoms with Gasteiger partial charge in [0.05, 0.1) is 7.11 Å². The molecule has 4 nitrogen and oxygen atoms in total. The van der Waals surface area contributed by atoms with Gasteiger partial charge in [-0.15, -0.1) is 0 Å². The van der Waals surface area contributed by atoms with Crippen molar-refractivity contribution < 1.29 is 13.2 Å². The van der Waals surface area contributed by atoms with Crippen molar-refractivity contribution in [1.82, 2.24) is 4.31 Å². The van der Waals surface area contributed by atoms with Gasteiger partial charge in [-0.2, -0.15) is 4.31 Å². The van der Waals surface area contributed by atoms with Crippen LogP contribution in [0.25, 0.3) is 0 Å². The predicted molar refractivity (Wildman–Crippen MR) is 84.6 cm³/mol. The molecule has 1 fully saturated rings. The maximum Gasteiger partial charge on any atom is 0.247 e. The van der Waals surface area contributed by atoms with Crippen LogP contribution >= 0.6 is 11.6 Å². The maximum atomic E-state index is 13.0. The highest BCUT2D eigenvalue weighted by molar-refractivity contribution is 7.89. The van der Waals surface area contributed by atoms with Crippen molar-refractivity contribution in [1.29, 1.82) is 0 Å². The van der Waals surface area contributed by atoms with E-state index < -0.39 is 10.0 Å². The molecule has 1 atom stereocenters. The van der Waals surface area contributed by atoms with Gasteiger partial charge < -0.3 is 4.74 Å². The zero-order chi connectivity index (χ0) is 15.6. The van der Waals surface area contributed by atoms with E-state index in [1.807, 2.05) is 13.8 Å². The minimum atomic E-state index is -3.58.